The number of rotatable bonds is 9. The summed E-state index contributed by atoms with van der Waals surface area (Å²) in [5.74, 6) is 0.605. The third kappa shape index (κ3) is 7.14. The highest BCUT2D eigenvalue weighted by molar-refractivity contribution is 7.99. The van der Waals surface area contributed by atoms with Crippen molar-refractivity contribution in [3.8, 4) is 22.8 Å². The molecule has 3 aromatic carbocycles. The van der Waals surface area contributed by atoms with E-state index in [-0.39, 0.29) is 17.1 Å². The molecule has 0 fully saturated rings. The normalized spacial score (nSPS) is 11.1. The predicted octanol–water partition coefficient (Wildman–Crippen LogP) is 5.54. The second kappa shape index (κ2) is 12.0. The van der Waals surface area contributed by atoms with E-state index in [1.165, 1.54) is 24.2 Å². The first-order valence-electron chi connectivity index (χ1n) is 12.4. The fourth-order valence-electron chi connectivity index (χ4n) is 3.75. The summed E-state index contributed by atoms with van der Waals surface area (Å²) in [5.41, 5.74) is 9.86. The lowest BCUT2D eigenvalue weighted by Crippen LogP contribution is -2.37. The molecular weight excluding hydrogens is 510 g/mol. The lowest BCUT2D eigenvalue weighted by atomic mass is 9.87. The first-order valence-corrected chi connectivity index (χ1v) is 13.4. The van der Waals surface area contributed by atoms with Gasteiger partial charge in [-0.1, -0.05) is 81.6 Å². The Morgan fingerprint density at radius 1 is 0.923 bits per heavy atom. The van der Waals surface area contributed by atoms with Crippen LogP contribution in [0.15, 0.2) is 90.6 Å². The minimum atomic E-state index is -0.391. The second-order valence-electron chi connectivity index (χ2n) is 9.86. The van der Waals surface area contributed by atoms with Crippen LogP contribution in [0.4, 0.5) is 0 Å². The van der Waals surface area contributed by atoms with Gasteiger partial charge in [-0.3, -0.25) is 25.0 Å². The summed E-state index contributed by atoms with van der Waals surface area (Å²) in [7, 11) is 0. The molecule has 0 bridgehead atoms. The zero-order valence-corrected chi connectivity index (χ0v) is 23.2. The van der Waals surface area contributed by atoms with Crippen molar-refractivity contribution < 1.29 is 14.3 Å². The van der Waals surface area contributed by atoms with Crippen LogP contribution in [0.3, 0.4) is 0 Å². The van der Waals surface area contributed by atoms with E-state index < -0.39 is 5.97 Å². The van der Waals surface area contributed by atoms with E-state index in [4.69, 9.17) is 4.74 Å². The maximum absolute atomic E-state index is 12.6. The number of para-hydroxylation sites is 1. The Morgan fingerprint density at radius 3 is 2.21 bits per heavy atom. The first kappa shape index (κ1) is 27.7. The SMILES string of the molecule is C=C(NNC(=O)CSc1nnc(-c2ccc(C(C)(C)C)cc2)n1-c1ccccc1)c1ccc(OC(C)=O)cc1. The summed E-state index contributed by atoms with van der Waals surface area (Å²) in [6.45, 7) is 11.8. The van der Waals surface area contributed by atoms with Crippen molar-refractivity contribution in [2.45, 2.75) is 38.3 Å². The number of hydrogen-bond acceptors (Lipinski definition) is 7. The van der Waals surface area contributed by atoms with E-state index in [0.29, 0.717) is 22.4 Å². The molecule has 8 nitrogen and oxygen atoms in total. The first-order chi connectivity index (χ1) is 18.6. The van der Waals surface area contributed by atoms with Crippen LogP contribution in [-0.2, 0) is 15.0 Å². The van der Waals surface area contributed by atoms with Crippen molar-refractivity contribution in [1.29, 1.82) is 0 Å². The van der Waals surface area contributed by atoms with Crippen molar-refractivity contribution in [1.82, 2.24) is 25.6 Å². The molecular formula is C30H31N5O3S. The smallest absolute Gasteiger partial charge is 0.308 e. The fraction of sp³-hybridized carbons (Fsp3) is 0.200. The number of amides is 1. The lowest BCUT2D eigenvalue weighted by molar-refractivity contribution is -0.131. The minimum absolute atomic E-state index is 0.0483. The zero-order valence-electron chi connectivity index (χ0n) is 22.4. The van der Waals surface area contributed by atoms with E-state index in [1.54, 1.807) is 24.3 Å². The predicted molar refractivity (Wildman–Crippen MR) is 154 cm³/mol. The van der Waals surface area contributed by atoms with Gasteiger partial charge in [0.25, 0.3) is 0 Å². The van der Waals surface area contributed by atoms with Crippen LogP contribution in [0.5, 0.6) is 5.75 Å². The highest BCUT2D eigenvalue weighted by Crippen LogP contribution is 2.30. The van der Waals surface area contributed by atoms with Crippen LogP contribution in [0.2, 0.25) is 0 Å². The molecule has 200 valence electrons. The van der Waals surface area contributed by atoms with Crippen molar-refractivity contribution in [2.75, 3.05) is 5.75 Å². The quantitative estimate of drug-likeness (QED) is 0.124. The summed E-state index contributed by atoms with van der Waals surface area (Å²) >= 11 is 1.29. The molecule has 0 aliphatic heterocycles. The number of thioether (sulfide) groups is 1. The number of hydrazine groups is 1. The van der Waals surface area contributed by atoms with Gasteiger partial charge in [0.1, 0.15) is 5.75 Å². The summed E-state index contributed by atoms with van der Waals surface area (Å²) in [6.07, 6.45) is 0. The van der Waals surface area contributed by atoms with Crippen LogP contribution in [0, 0.1) is 0 Å². The fourth-order valence-corrected chi connectivity index (χ4v) is 4.51. The number of nitrogens with zero attached hydrogens (tertiary/aromatic N) is 3. The van der Waals surface area contributed by atoms with Crippen molar-refractivity contribution in [2.24, 2.45) is 0 Å². The van der Waals surface area contributed by atoms with Crippen molar-refractivity contribution in [3.63, 3.8) is 0 Å². The standard InChI is InChI=1S/C30H31N5O3S/c1-20(22-13-17-26(18-14-22)38-21(2)36)31-32-27(37)19-39-29-34-33-28(35(29)25-9-7-6-8-10-25)23-11-15-24(16-12-23)30(3,4)5/h6-18,31H,1,19H2,2-5H3,(H,32,37). The molecule has 0 saturated carbocycles. The van der Waals surface area contributed by atoms with Crippen LogP contribution in [0.1, 0.15) is 38.8 Å². The summed E-state index contributed by atoms with van der Waals surface area (Å²) in [4.78, 5) is 23.7. The number of nitrogens with one attached hydrogen (secondary N) is 2. The maximum Gasteiger partial charge on any atom is 0.308 e. The molecule has 1 heterocycles. The van der Waals surface area contributed by atoms with Gasteiger partial charge in [-0.2, -0.15) is 0 Å². The van der Waals surface area contributed by atoms with Crippen molar-refractivity contribution >= 4 is 29.3 Å². The molecule has 0 saturated heterocycles. The average molecular weight is 542 g/mol. The molecule has 4 aromatic rings. The van der Waals surface area contributed by atoms with E-state index in [9.17, 15) is 9.59 Å². The van der Waals surface area contributed by atoms with Gasteiger partial charge in [-0.25, -0.2) is 0 Å². The number of benzene rings is 3. The molecule has 9 heteroatoms. The number of aromatic nitrogens is 3. The molecule has 1 aromatic heterocycles. The third-order valence-corrected chi connectivity index (χ3v) is 6.74. The van der Waals surface area contributed by atoms with Gasteiger partial charge in [-0.15, -0.1) is 10.2 Å². The number of carbonyl (C=O) groups excluding carboxylic acids is 2. The molecule has 4 rings (SSSR count). The molecule has 0 unspecified atom stereocenters. The number of carbonyl (C=O) groups is 2. The van der Waals surface area contributed by atoms with Gasteiger partial charge >= 0.3 is 5.97 Å². The van der Waals surface area contributed by atoms with E-state index in [1.807, 2.05) is 34.9 Å². The Hall–Kier alpha value is -4.37. The molecule has 1 amide bonds. The number of esters is 1. The van der Waals surface area contributed by atoms with Gasteiger partial charge in [-0.05, 0) is 52.9 Å². The number of ether oxygens (including phenoxy) is 1. The topological polar surface area (TPSA) is 98.1 Å². The molecule has 0 aliphatic carbocycles. The third-order valence-electron chi connectivity index (χ3n) is 5.81. The van der Waals surface area contributed by atoms with Crippen molar-refractivity contribution in [3.05, 3.63) is 96.6 Å². The van der Waals surface area contributed by atoms with Gasteiger partial charge in [0, 0.05) is 18.2 Å². The lowest BCUT2D eigenvalue weighted by Gasteiger charge is -2.19. The summed E-state index contributed by atoms with van der Waals surface area (Å²) in [6, 6.07) is 25.0. The zero-order chi connectivity index (χ0) is 28.0. The summed E-state index contributed by atoms with van der Waals surface area (Å²) in [5, 5.41) is 9.48. The summed E-state index contributed by atoms with van der Waals surface area (Å²) < 4.78 is 7.00. The van der Waals surface area contributed by atoms with Crippen LogP contribution in [0.25, 0.3) is 22.8 Å². The Kier molecular flexibility index (Phi) is 8.51. The highest BCUT2D eigenvalue weighted by Gasteiger charge is 2.19. The molecule has 0 aliphatic rings. The second-order valence-corrected chi connectivity index (χ2v) is 10.8. The average Bonchev–Trinajstić information content (AvgIpc) is 3.34. The van der Waals surface area contributed by atoms with E-state index >= 15 is 0 Å². The van der Waals surface area contributed by atoms with Crippen LogP contribution < -0.4 is 15.6 Å². The van der Waals surface area contributed by atoms with Crippen LogP contribution >= 0.6 is 11.8 Å². The molecule has 0 atom stereocenters. The van der Waals surface area contributed by atoms with Gasteiger partial charge in [0.2, 0.25) is 5.91 Å². The van der Waals surface area contributed by atoms with Gasteiger partial charge in [0.15, 0.2) is 11.0 Å². The Labute approximate surface area is 232 Å². The minimum Gasteiger partial charge on any atom is -0.427 e. The highest BCUT2D eigenvalue weighted by atomic mass is 32.2. The Bertz CT molecular complexity index is 1460. The van der Waals surface area contributed by atoms with Crippen LogP contribution in [-0.4, -0.2) is 32.4 Å². The van der Waals surface area contributed by atoms with Gasteiger partial charge < -0.3 is 4.74 Å². The van der Waals surface area contributed by atoms with E-state index in [2.05, 4.69) is 72.7 Å². The monoisotopic (exact) mass is 541 g/mol. The number of hydrogen-bond donors (Lipinski definition) is 2. The molecule has 0 radical (unpaired) electrons. The Morgan fingerprint density at radius 2 is 1.59 bits per heavy atom. The maximum atomic E-state index is 12.6. The largest absolute Gasteiger partial charge is 0.427 e. The van der Waals surface area contributed by atoms with Gasteiger partial charge in [0.05, 0.1) is 11.4 Å². The van der Waals surface area contributed by atoms with E-state index in [0.717, 1.165) is 16.8 Å². The molecule has 2 N–H and O–H groups in total. The molecule has 39 heavy (non-hydrogen) atoms. The Balaban J connectivity index is 1.44. The molecule has 0 spiro atoms.